The van der Waals surface area contributed by atoms with Crippen molar-refractivity contribution in [3.63, 3.8) is 0 Å². The number of hydrogen-bond acceptors (Lipinski definition) is 3. The Bertz CT molecular complexity index is 812. The zero-order chi connectivity index (χ0) is 17.3. The van der Waals surface area contributed by atoms with Crippen LogP contribution in [0.2, 0.25) is 0 Å². The molecule has 0 aliphatic carbocycles. The lowest BCUT2D eigenvalue weighted by Gasteiger charge is -2.12. The molecule has 0 radical (unpaired) electrons. The molecule has 23 heavy (non-hydrogen) atoms. The van der Waals surface area contributed by atoms with Crippen molar-refractivity contribution in [2.75, 3.05) is 6.26 Å². The third kappa shape index (κ3) is 4.35. The highest BCUT2D eigenvalue weighted by Gasteiger charge is 2.32. The van der Waals surface area contributed by atoms with Crippen LogP contribution >= 0.6 is 0 Å². The molecule has 0 spiro atoms. The lowest BCUT2D eigenvalue weighted by molar-refractivity contribution is -0.137. The van der Waals surface area contributed by atoms with Crippen LogP contribution < -0.4 is 5.32 Å². The van der Waals surface area contributed by atoms with Crippen molar-refractivity contribution in [1.82, 2.24) is 10.3 Å². The Morgan fingerprint density at radius 3 is 2.48 bits per heavy atom. The van der Waals surface area contributed by atoms with Crippen molar-refractivity contribution in [3.8, 4) is 0 Å². The van der Waals surface area contributed by atoms with Gasteiger partial charge in [-0.2, -0.15) is 13.2 Å². The molecule has 0 atom stereocenters. The summed E-state index contributed by atoms with van der Waals surface area (Å²) in [5.41, 5.74) is -0.787. The largest absolute Gasteiger partial charge is 0.416 e. The third-order valence-corrected chi connectivity index (χ3v) is 4.11. The molecule has 0 aliphatic heterocycles. The molecule has 0 bridgehead atoms. The van der Waals surface area contributed by atoms with Gasteiger partial charge in [0.1, 0.15) is 5.69 Å². The van der Waals surface area contributed by atoms with Crippen LogP contribution in [0.4, 0.5) is 13.2 Å². The van der Waals surface area contributed by atoms with Gasteiger partial charge in [0.2, 0.25) is 0 Å². The van der Waals surface area contributed by atoms with Gasteiger partial charge >= 0.3 is 6.18 Å². The van der Waals surface area contributed by atoms with Gasteiger partial charge in [-0.1, -0.05) is 0 Å². The first-order chi connectivity index (χ1) is 10.6. The fourth-order valence-electron chi connectivity index (χ4n) is 1.89. The lowest BCUT2D eigenvalue weighted by atomic mass is 10.1. The number of amides is 1. The summed E-state index contributed by atoms with van der Waals surface area (Å²) in [5, 5.41) is 2.43. The minimum absolute atomic E-state index is 0.0418. The van der Waals surface area contributed by atoms with E-state index in [0.717, 1.165) is 18.4 Å². The Labute approximate surface area is 130 Å². The summed E-state index contributed by atoms with van der Waals surface area (Å²) in [5.74, 6) is -0.506. The van der Waals surface area contributed by atoms with Gasteiger partial charge in [-0.15, -0.1) is 0 Å². The molecule has 0 saturated heterocycles. The van der Waals surface area contributed by atoms with Gasteiger partial charge in [-0.25, -0.2) is 8.42 Å². The minimum Gasteiger partial charge on any atom is -0.357 e. The van der Waals surface area contributed by atoms with E-state index in [1.54, 1.807) is 6.07 Å². The number of aromatic nitrogens is 1. The molecule has 1 aromatic heterocycles. The van der Waals surface area contributed by atoms with E-state index in [0.29, 0.717) is 6.07 Å². The number of sulfone groups is 1. The molecule has 5 nitrogen and oxygen atoms in total. The summed E-state index contributed by atoms with van der Waals surface area (Å²) in [6.07, 6.45) is -2.33. The summed E-state index contributed by atoms with van der Waals surface area (Å²) in [6.45, 7) is -0.232. The summed E-state index contributed by atoms with van der Waals surface area (Å²) >= 11 is 0. The van der Waals surface area contributed by atoms with E-state index >= 15 is 0 Å². The van der Waals surface area contributed by atoms with Crippen LogP contribution in [0, 0.1) is 0 Å². The number of aromatic amines is 1. The Kier molecular flexibility index (Phi) is 4.51. The van der Waals surface area contributed by atoms with Crippen LogP contribution in [-0.4, -0.2) is 25.6 Å². The van der Waals surface area contributed by atoms with Crippen molar-refractivity contribution in [2.45, 2.75) is 17.6 Å². The number of halogens is 3. The lowest BCUT2D eigenvalue weighted by Crippen LogP contribution is -2.23. The van der Waals surface area contributed by atoms with Gasteiger partial charge in [0, 0.05) is 19.0 Å². The summed E-state index contributed by atoms with van der Waals surface area (Å²) < 4.78 is 61.7. The van der Waals surface area contributed by atoms with Gasteiger partial charge in [-0.05, 0) is 35.9 Å². The zero-order valence-corrected chi connectivity index (χ0v) is 12.8. The first-order valence-electron chi connectivity index (χ1n) is 6.40. The Hall–Kier alpha value is -2.29. The van der Waals surface area contributed by atoms with Gasteiger partial charge in [0.05, 0.1) is 10.5 Å². The number of nitrogens with one attached hydrogen (secondary N) is 2. The van der Waals surface area contributed by atoms with E-state index in [9.17, 15) is 26.4 Å². The number of hydrogen-bond donors (Lipinski definition) is 2. The van der Waals surface area contributed by atoms with E-state index < -0.39 is 32.4 Å². The number of carbonyl (C=O) groups excluding carboxylic acids is 1. The summed E-state index contributed by atoms with van der Waals surface area (Å²) in [6, 6.07) is 5.60. The number of rotatable bonds is 4. The molecule has 1 amide bonds. The van der Waals surface area contributed by atoms with Gasteiger partial charge in [0.15, 0.2) is 9.84 Å². The third-order valence-electron chi connectivity index (χ3n) is 3.02. The second-order valence-corrected chi connectivity index (χ2v) is 6.92. The molecule has 0 unspecified atom stereocenters. The van der Waals surface area contributed by atoms with Crippen molar-refractivity contribution in [1.29, 1.82) is 0 Å². The number of H-pyrrole nitrogens is 1. The number of carbonyl (C=O) groups is 1. The SMILES string of the molecule is CS(=O)(=O)c1cc(CNC(=O)c2ccc[nH]2)cc(C(F)(F)F)c1. The molecular weight excluding hydrogens is 333 g/mol. The smallest absolute Gasteiger partial charge is 0.357 e. The van der Waals surface area contributed by atoms with E-state index in [2.05, 4.69) is 10.3 Å². The predicted octanol–water partition coefficient (Wildman–Crippen LogP) is 2.37. The highest BCUT2D eigenvalue weighted by Crippen LogP contribution is 2.31. The monoisotopic (exact) mass is 346 g/mol. The summed E-state index contributed by atoms with van der Waals surface area (Å²) in [4.78, 5) is 14.0. The maximum Gasteiger partial charge on any atom is 0.416 e. The van der Waals surface area contributed by atoms with E-state index in [-0.39, 0.29) is 17.8 Å². The molecule has 2 rings (SSSR count). The zero-order valence-electron chi connectivity index (χ0n) is 11.9. The second kappa shape index (κ2) is 6.07. The second-order valence-electron chi connectivity index (χ2n) is 4.90. The molecule has 2 N–H and O–H groups in total. The van der Waals surface area contributed by atoms with Crippen LogP contribution in [0.15, 0.2) is 41.4 Å². The Morgan fingerprint density at radius 2 is 1.96 bits per heavy atom. The average molecular weight is 346 g/mol. The first kappa shape index (κ1) is 17.1. The standard InChI is InChI=1S/C14H13F3N2O3S/c1-23(21,22)11-6-9(5-10(7-11)14(15,16)17)8-19-13(20)12-3-2-4-18-12/h2-7,18H,8H2,1H3,(H,19,20). The maximum absolute atomic E-state index is 12.9. The van der Waals surface area contributed by atoms with Gasteiger partial charge < -0.3 is 10.3 Å². The van der Waals surface area contributed by atoms with E-state index in [1.165, 1.54) is 12.3 Å². The molecule has 0 fully saturated rings. The Morgan fingerprint density at radius 1 is 1.26 bits per heavy atom. The minimum atomic E-state index is -4.68. The maximum atomic E-state index is 12.9. The molecule has 0 aliphatic rings. The normalized spacial score (nSPS) is 12.2. The number of benzene rings is 1. The molecule has 2 aromatic rings. The van der Waals surface area contributed by atoms with Crippen molar-refractivity contribution < 1.29 is 26.4 Å². The van der Waals surface area contributed by atoms with E-state index in [1.807, 2.05) is 0 Å². The first-order valence-corrected chi connectivity index (χ1v) is 8.29. The van der Waals surface area contributed by atoms with Crippen LogP contribution in [0.25, 0.3) is 0 Å². The topological polar surface area (TPSA) is 79.0 Å². The fraction of sp³-hybridized carbons (Fsp3) is 0.214. The van der Waals surface area contributed by atoms with Crippen LogP contribution in [-0.2, 0) is 22.6 Å². The van der Waals surface area contributed by atoms with Crippen LogP contribution in [0.5, 0.6) is 0 Å². The van der Waals surface area contributed by atoms with Gasteiger partial charge in [-0.3, -0.25) is 4.79 Å². The van der Waals surface area contributed by atoms with Gasteiger partial charge in [0.25, 0.3) is 5.91 Å². The van der Waals surface area contributed by atoms with Crippen molar-refractivity contribution >= 4 is 15.7 Å². The predicted molar refractivity (Wildman–Crippen MR) is 76.5 cm³/mol. The van der Waals surface area contributed by atoms with Crippen LogP contribution in [0.1, 0.15) is 21.6 Å². The molecule has 124 valence electrons. The Balaban J connectivity index is 2.29. The molecular formula is C14H13F3N2O3S. The quantitative estimate of drug-likeness (QED) is 0.892. The van der Waals surface area contributed by atoms with E-state index in [4.69, 9.17) is 0 Å². The molecule has 9 heteroatoms. The van der Waals surface area contributed by atoms with Crippen LogP contribution in [0.3, 0.4) is 0 Å². The fourth-order valence-corrected chi connectivity index (χ4v) is 2.60. The molecule has 1 heterocycles. The highest BCUT2D eigenvalue weighted by molar-refractivity contribution is 7.90. The summed E-state index contributed by atoms with van der Waals surface area (Å²) in [7, 11) is -3.81. The molecule has 0 saturated carbocycles. The van der Waals surface area contributed by atoms with Crippen molar-refractivity contribution in [3.05, 3.63) is 53.3 Å². The molecule has 1 aromatic carbocycles. The average Bonchev–Trinajstić information content (AvgIpc) is 2.96. The number of alkyl halides is 3. The van der Waals surface area contributed by atoms with Crippen molar-refractivity contribution in [2.24, 2.45) is 0 Å². The highest BCUT2D eigenvalue weighted by atomic mass is 32.2.